The average molecular weight is 681 g/mol. The first-order valence-electron chi connectivity index (χ1n) is 17.2. The highest BCUT2D eigenvalue weighted by Gasteiger charge is 2.50. The van der Waals surface area contributed by atoms with Crippen molar-refractivity contribution >= 4 is 23.3 Å². The fourth-order valence-electron chi connectivity index (χ4n) is 9.32. The highest BCUT2D eigenvalue weighted by Crippen LogP contribution is 2.50. The average Bonchev–Trinajstić information content (AvgIpc) is 3.75. The van der Waals surface area contributed by atoms with E-state index >= 15 is 4.39 Å². The number of hydrogen-bond acceptors (Lipinski definition) is 8. The van der Waals surface area contributed by atoms with Gasteiger partial charge in [-0.3, -0.25) is 19.3 Å². The summed E-state index contributed by atoms with van der Waals surface area (Å²) in [5, 5.41) is 4.96. The highest BCUT2D eigenvalue weighted by molar-refractivity contribution is 6.34. The molecule has 1 aromatic carbocycles. The Balaban J connectivity index is 1.20. The number of carbonyl (C=O) groups is 1. The number of amides is 1. The minimum absolute atomic E-state index is 0.0106. The van der Waals surface area contributed by atoms with E-state index in [-0.39, 0.29) is 28.8 Å². The lowest BCUT2D eigenvalue weighted by molar-refractivity contribution is 0.0821. The number of rotatable bonds is 5. The predicted octanol–water partition coefficient (Wildman–Crippen LogP) is 4.80. The Bertz CT molecular complexity index is 1800. The van der Waals surface area contributed by atoms with Crippen molar-refractivity contribution < 1.29 is 18.3 Å². The lowest BCUT2D eigenvalue weighted by Gasteiger charge is -2.44. The lowest BCUT2D eigenvalue weighted by Crippen LogP contribution is -2.48. The van der Waals surface area contributed by atoms with Gasteiger partial charge in [-0.05, 0) is 75.7 Å². The van der Waals surface area contributed by atoms with Gasteiger partial charge in [-0.2, -0.15) is 15.1 Å². The fourth-order valence-corrected chi connectivity index (χ4v) is 9.59. The molecular weight excluding hydrogens is 638 g/mol. The Morgan fingerprint density at radius 3 is 2.71 bits per heavy atom. The first-order valence-corrected chi connectivity index (χ1v) is 17.6. The van der Waals surface area contributed by atoms with Crippen LogP contribution >= 0.6 is 11.6 Å². The number of aryl methyl sites for hydroxylation is 1. The highest BCUT2D eigenvalue weighted by atomic mass is 35.5. The third-order valence-electron chi connectivity index (χ3n) is 11.6. The van der Waals surface area contributed by atoms with Crippen molar-refractivity contribution in [3.63, 3.8) is 0 Å². The maximum Gasteiger partial charge on any atom is 0.318 e. The molecule has 10 nitrogen and oxygen atoms in total. The normalized spacial score (nSPS) is 26.7. The van der Waals surface area contributed by atoms with Gasteiger partial charge in [-0.25, -0.2) is 8.78 Å². The van der Waals surface area contributed by atoms with Gasteiger partial charge in [0.05, 0.1) is 34.0 Å². The summed E-state index contributed by atoms with van der Waals surface area (Å²) in [6, 6.07) is 2.80. The van der Waals surface area contributed by atoms with E-state index in [0.717, 1.165) is 61.5 Å². The molecule has 1 aliphatic carbocycles. The van der Waals surface area contributed by atoms with Gasteiger partial charge in [-0.15, -0.1) is 0 Å². The SMILES string of the molecule is CC1CN2CCC[C@@]2(COc2nc3c(c(N4CCCn5nc(C(=O)N(C)C)c(Cl)c5C4)n2)CN(C)[C@@]2(CCc4c(F)ccc(F)c42)C3)C1. The van der Waals surface area contributed by atoms with E-state index in [2.05, 4.69) is 26.7 Å². The van der Waals surface area contributed by atoms with Gasteiger partial charge in [0.2, 0.25) is 0 Å². The smallest absolute Gasteiger partial charge is 0.318 e. The molecule has 4 aliphatic heterocycles. The van der Waals surface area contributed by atoms with Crippen LogP contribution in [0.4, 0.5) is 14.6 Å². The molecule has 256 valence electrons. The van der Waals surface area contributed by atoms with E-state index in [1.165, 1.54) is 17.0 Å². The summed E-state index contributed by atoms with van der Waals surface area (Å²) >= 11 is 6.85. The molecule has 0 N–H and O–H groups in total. The number of likely N-dealkylation sites (N-methyl/N-ethyl adjacent to an activating group) is 1. The number of ether oxygens (including phenoxy) is 1. The number of carbonyl (C=O) groups excluding carboxylic acids is 1. The molecule has 1 spiro atoms. The van der Waals surface area contributed by atoms with E-state index in [1.807, 2.05) is 11.7 Å². The van der Waals surface area contributed by atoms with Gasteiger partial charge < -0.3 is 14.5 Å². The van der Waals surface area contributed by atoms with Crippen molar-refractivity contribution in [3.05, 3.63) is 62.6 Å². The van der Waals surface area contributed by atoms with Crippen molar-refractivity contribution in [1.82, 2.24) is 34.4 Å². The van der Waals surface area contributed by atoms with E-state index in [0.29, 0.717) is 80.1 Å². The molecule has 8 rings (SSSR count). The molecule has 48 heavy (non-hydrogen) atoms. The largest absolute Gasteiger partial charge is 0.461 e. The summed E-state index contributed by atoms with van der Waals surface area (Å²) in [7, 11) is 5.36. The van der Waals surface area contributed by atoms with Crippen LogP contribution in [-0.4, -0.2) is 93.3 Å². The molecule has 2 aromatic heterocycles. The predicted molar refractivity (Wildman–Crippen MR) is 177 cm³/mol. The Hall–Kier alpha value is -3.35. The molecule has 2 saturated heterocycles. The number of halogens is 3. The van der Waals surface area contributed by atoms with Crippen LogP contribution in [0.5, 0.6) is 6.01 Å². The van der Waals surface area contributed by atoms with Crippen LogP contribution in [0.25, 0.3) is 0 Å². The monoisotopic (exact) mass is 680 g/mol. The summed E-state index contributed by atoms with van der Waals surface area (Å²) < 4.78 is 39.0. The summed E-state index contributed by atoms with van der Waals surface area (Å²) in [5.41, 5.74) is 2.94. The molecule has 0 saturated carbocycles. The van der Waals surface area contributed by atoms with Gasteiger partial charge in [0, 0.05) is 57.8 Å². The zero-order chi connectivity index (χ0) is 33.5. The molecule has 3 atom stereocenters. The molecule has 0 radical (unpaired) electrons. The molecule has 6 heterocycles. The zero-order valence-electron chi connectivity index (χ0n) is 28.2. The van der Waals surface area contributed by atoms with Gasteiger partial charge in [0.25, 0.3) is 5.91 Å². The fraction of sp³-hybridized carbons (Fsp3) is 0.600. The van der Waals surface area contributed by atoms with E-state index in [1.54, 1.807) is 14.1 Å². The quantitative estimate of drug-likeness (QED) is 0.380. The molecule has 5 aliphatic rings. The van der Waals surface area contributed by atoms with Crippen LogP contribution in [0.1, 0.15) is 77.6 Å². The minimum Gasteiger partial charge on any atom is -0.461 e. The van der Waals surface area contributed by atoms with Crippen molar-refractivity contribution in [2.75, 3.05) is 52.3 Å². The Morgan fingerprint density at radius 2 is 1.90 bits per heavy atom. The van der Waals surface area contributed by atoms with Gasteiger partial charge >= 0.3 is 6.01 Å². The maximum atomic E-state index is 15.6. The van der Waals surface area contributed by atoms with Crippen molar-refractivity contribution in [3.8, 4) is 6.01 Å². The number of anilines is 1. The minimum atomic E-state index is -0.721. The van der Waals surface area contributed by atoms with E-state index < -0.39 is 5.54 Å². The molecule has 3 aromatic rings. The van der Waals surface area contributed by atoms with Gasteiger partial charge in [0.1, 0.15) is 24.1 Å². The number of benzene rings is 1. The third-order valence-corrected chi connectivity index (χ3v) is 12.0. The maximum absolute atomic E-state index is 15.6. The Labute approximate surface area is 285 Å². The third kappa shape index (κ3) is 4.92. The number of fused-ring (bicyclic) bond motifs is 5. The standard InChI is InChI=1S/C35H43ClF2N8O2/c1-21-15-34(10-5-13-45(34)17-21)20-48-33-39-26-16-35(11-9-22-24(37)7-8-25(38)28(22)35)43(4)18-23(26)31(40-33)44-12-6-14-46-27(19-44)29(36)30(41-46)32(47)42(2)3/h7-8,21H,5-6,9-20H2,1-4H3/t21?,34-,35-/m0/s1. The van der Waals surface area contributed by atoms with Crippen LogP contribution in [0.2, 0.25) is 5.02 Å². The molecular formula is C35H43ClF2N8O2. The van der Waals surface area contributed by atoms with E-state index in [4.69, 9.17) is 26.3 Å². The number of hydrogen-bond donors (Lipinski definition) is 0. The summed E-state index contributed by atoms with van der Waals surface area (Å²) in [6.07, 6.45) is 5.59. The van der Waals surface area contributed by atoms with Crippen LogP contribution < -0.4 is 9.64 Å². The van der Waals surface area contributed by atoms with Crippen LogP contribution in [-0.2, 0) is 38.0 Å². The van der Waals surface area contributed by atoms with Crippen LogP contribution in [0.15, 0.2) is 12.1 Å². The molecule has 0 bridgehead atoms. The molecule has 1 unspecified atom stereocenters. The molecule has 13 heteroatoms. The summed E-state index contributed by atoms with van der Waals surface area (Å²) in [6.45, 7) is 7.15. The molecule has 2 fully saturated rings. The second kappa shape index (κ2) is 11.6. The number of aromatic nitrogens is 4. The molecule has 1 amide bonds. The first kappa shape index (κ1) is 31.9. The van der Waals surface area contributed by atoms with E-state index in [9.17, 15) is 9.18 Å². The first-order chi connectivity index (χ1) is 23.0. The second-order valence-electron chi connectivity index (χ2n) is 14.9. The second-order valence-corrected chi connectivity index (χ2v) is 15.3. The summed E-state index contributed by atoms with van der Waals surface area (Å²) in [4.78, 5) is 31.4. The number of nitrogens with zero attached hydrogens (tertiary/aromatic N) is 8. The van der Waals surface area contributed by atoms with Crippen molar-refractivity contribution in [2.45, 2.75) is 82.6 Å². The van der Waals surface area contributed by atoms with Crippen molar-refractivity contribution in [2.24, 2.45) is 5.92 Å². The summed E-state index contributed by atoms with van der Waals surface area (Å²) in [5.74, 6) is 0.390. The van der Waals surface area contributed by atoms with Crippen molar-refractivity contribution in [1.29, 1.82) is 0 Å². The van der Waals surface area contributed by atoms with Gasteiger partial charge in [-0.1, -0.05) is 18.5 Å². The van der Waals surface area contributed by atoms with Gasteiger partial charge in [0.15, 0.2) is 5.69 Å². The van der Waals surface area contributed by atoms with Crippen LogP contribution in [0.3, 0.4) is 0 Å². The topological polar surface area (TPSA) is 82.9 Å². The Morgan fingerprint density at radius 1 is 1.08 bits per heavy atom. The zero-order valence-corrected chi connectivity index (χ0v) is 28.9. The lowest BCUT2D eigenvalue weighted by atomic mass is 9.80. The van der Waals surface area contributed by atoms with Crippen LogP contribution in [0, 0.1) is 17.6 Å². The Kier molecular flexibility index (Phi) is 7.72.